The lowest BCUT2D eigenvalue weighted by Gasteiger charge is -2.12. The number of nitrogens with zero attached hydrogens (tertiary/aromatic N) is 2. The molecule has 0 atom stereocenters. The fourth-order valence-electron chi connectivity index (χ4n) is 3.21. The Labute approximate surface area is 190 Å². The molecule has 0 amide bonds. The largest absolute Gasteiger partial charge is 0.489 e. The van der Waals surface area contributed by atoms with E-state index in [1.807, 2.05) is 54.6 Å². The van der Waals surface area contributed by atoms with Crippen molar-refractivity contribution in [2.75, 3.05) is 5.73 Å². The van der Waals surface area contributed by atoms with Crippen molar-refractivity contribution in [1.82, 2.24) is 4.98 Å². The average molecular weight is 446 g/mol. The van der Waals surface area contributed by atoms with Gasteiger partial charge in [0.2, 0.25) is 0 Å². The molecule has 2 N–H and O–H groups in total. The van der Waals surface area contributed by atoms with Crippen LogP contribution in [0.15, 0.2) is 78.9 Å². The Morgan fingerprint density at radius 2 is 1.65 bits per heavy atom. The van der Waals surface area contributed by atoms with Crippen LogP contribution in [0, 0.1) is 11.3 Å². The molecule has 4 nitrogen and oxygen atoms in total. The highest BCUT2D eigenvalue weighted by Crippen LogP contribution is 2.35. The summed E-state index contributed by atoms with van der Waals surface area (Å²) in [5, 5.41) is 10.7. The van der Waals surface area contributed by atoms with E-state index in [2.05, 4.69) is 11.1 Å². The van der Waals surface area contributed by atoms with Crippen molar-refractivity contribution in [2.45, 2.75) is 6.61 Å². The highest BCUT2D eigenvalue weighted by atomic mass is 35.5. The van der Waals surface area contributed by atoms with Crippen molar-refractivity contribution < 1.29 is 4.74 Å². The third-order valence-electron chi connectivity index (χ3n) is 4.78. The van der Waals surface area contributed by atoms with Crippen LogP contribution in [0.1, 0.15) is 11.1 Å². The number of hydrogen-bond acceptors (Lipinski definition) is 4. The highest BCUT2D eigenvalue weighted by Gasteiger charge is 2.15. The average Bonchev–Trinajstić information content (AvgIpc) is 2.80. The van der Waals surface area contributed by atoms with Gasteiger partial charge in [-0.2, -0.15) is 5.26 Å². The van der Waals surface area contributed by atoms with Crippen molar-refractivity contribution in [3.8, 4) is 34.2 Å². The van der Waals surface area contributed by atoms with E-state index < -0.39 is 0 Å². The van der Waals surface area contributed by atoms with Crippen LogP contribution in [-0.4, -0.2) is 4.98 Å². The van der Waals surface area contributed by atoms with E-state index in [9.17, 15) is 5.26 Å². The number of nitrogen functional groups attached to an aromatic ring is 1. The van der Waals surface area contributed by atoms with Gasteiger partial charge in [0, 0.05) is 16.1 Å². The van der Waals surface area contributed by atoms with Crippen LogP contribution >= 0.6 is 23.2 Å². The second-order valence-electron chi connectivity index (χ2n) is 6.85. The van der Waals surface area contributed by atoms with E-state index in [1.165, 1.54) is 0 Å². The number of anilines is 1. The molecule has 1 heterocycles. The monoisotopic (exact) mass is 445 g/mol. The summed E-state index contributed by atoms with van der Waals surface area (Å²) in [6.45, 7) is 0.475. The van der Waals surface area contributed by atoms with Crippen molar-refractivity contribution >= 4 is 29.0 Å². The molecule has 4 aromatic rings. The predicted octanol–water partition coefficient (Wildman–Crippen LogP) is 6.76. The number of ether oxygens (including phenoxy) is 1. The van der Waals surface area contributed by atoms with E-state index in [-0.39, 0.29) is 5.82 Å². The summed E-state index contributed by atoms with van der Waals surface area (Å²) in [6, 6.07) is 26.5. The van der Waals surface area contributed by atoms with Gasteiger partial charge in [-0.15, -0.1) is 0 Å². The zero-order valence-electron chi connectivity index (χ0n) is 16.3. The molecule has 4 rings (SSSR count). The number of rotatable bonds is 5. The van der Waals surface area contributed by atoms with Gasteiger partial charge in [-0.25, -0.2) is 4.98 Å². The molecule has 31 heavy (non-hydrogen) atoms. The molecule has 0 saturated heterocycles. The van der Waals surface area contributed by atoms with Crippen molar-refractivity contribution in [1.29, 1.82) is 5.26 Å². The van der Waals surface area contributed by atoms with E-state index in [1.54, 1.807) is 24.3 Å². The first-order chi connectivity index (χ1) is 15.0. The van der Waals surface area contributed by atoms with Gasteiger partial charge in [0.1, 0.15) is 29.8 Å². The maximum Gasteiger partial charge on any atom is 0.142 e. The number of benzene rings is 3. The first kappa shape index (κ1) is 20.7. The van der Waals surface area contributed by atoms with Gasteiger partial charge in [0.15, 0.2) is 0 Å². The third kappa shape index (κ3) is 4.64. The fraction of sp³-hybridized carbons (Fsp3) is 0.0400. The Hall–Kier alpha value is -3.52. The first-order valence-corrected chi connectivity index (χ1v) is 10.2. The molecule has 0 aliphatic heterocycles. The second kappa shape index (κ2) is 9.09. The Morgan fingerprint density at radius 3 is 2.35 bits per heavy atom. The van der Waals surface area contributed by atoms with Gasteiger partial charge < -0.3 is 10.5 Å². The van der Waals surface area contributed by atoms with Gasteiger partial charge in [-0.05, 0) is 47.5 Å². The quantitative estimate of drug-likeness (QED) is 0.368. The molecule has 3 aromatic carbocycles. The maximum atomic E-state index is 9.64. The van der Waals surface area contributed by atoms with E-state index in [4.69, 9.17) is 33.7 Å². The SMILES string of the molecule is N#Cc1c(-c2ccc(OCc3ccccc3)cc2)cc(-c2cc(Cl)ccc2Cl)nc1N. The summed E-state index contributed by atoms with van der Waals surface area (Å²) in [5.74, 6) is 0.863. The lowest BCUT2D eigenvalue weighted by molar-refractivity contribution is 0.306. The molecule has 6 heteroatoms. The van der Waals surface area contributed by atoms with Crippen LogP contribution in [0.5, 0.6) is 5.75 Å². The van der Waals surface area contributed by atoms with Gasteiger partial charge in [-0.3, -0.25) is 0 Å². The summed E-state index contributed by atoms with van der Waals surface area (Å²) in [7, 11) is 0. The van der Waals surface area contributed by atoms with Crippen LogP contribution in [0.4, 0.5) is 5.82 Å². The molecule has 0 radical (unpaired) electrons. The summed E-state index contributed by atoms with van der Waals surface area (Å²) < 4.78 is 5.85. The minimum Gasteiger partial charge on any atom is -0.489 e. The predicted molar refractivity (Wildman–Crippen MR) is 125 cm³/mol. The van der Waals surface area contributed by atoms with Crippen molar-refractivity contribution in [3.05, 3.63) is 100 Å². The molecule has 0 aliphatic rings. The zero-order chi connectivity index (χ0) is 21.8. The molecular weight excluding hydrogens is 429 g/mol. The lowest BCUT2D eigenvalue weighted by atomic mass is 9.98. The van der Waals surface area contributed by atoms with Crippen LogP contribution < -0.4 is 10.5 Å². The Balaban J connectivity index is 1.67. The minimum atomic E-state index is 0.135. The molecule has 0 saturated carbocycles. The van der Waals surface area contributed by atoms with Crippen LogP contribution in [0.2, 0.25) is 10.0 Å². The minimum absolute atomic E-state index is 0.135. The van der Waals surface area contributed by atoms with Gasteiger partial charge in [0.05, 0.1) is 10.7 Å². The van der Waals surface area contributed by atoms with Crippen molar-refractivity contribution in [3.63, 3.8) is 0 Å². The van der Waals surface area contributed by atoms with Crippen LogP contribution in [-0.2, 0) is 6.61 Å². The molecule has 0 fully saturated rings. The number of halogens is 2. The maximum absolute atomic E-state index is 9.64. The molecule has 152 valence electrons. The first-order valence-electron chi connectivity index (χ1n) is 9.48. The number of nitrogens with two attached hydrogens (primary N) is 1. The third-order valence-corrected chi connectivity index (χ3v) is 5.34. The standard InChI is InChI=1S/C25H17Cl2N3O/c26-18-8-11-23(27)21(12-18)24-13-20(22(14-28)25(29)30-24)17-6-9-19(10-7-17)31-15-16-4-2-1-3-5-16/h1-13H,15H2,(H2,29,30). The molecule has 0 spiro atoms. The van der Waals surface area contributed by atoms with E-state index in [0.717, 1.165) is 16.9 Å². The summed E-state index contributed by atoms with van der Waals surface area (Å²) >= 11 is 12.5. The van der Waals surface area contributed by atoms with Gasteiger partial charge in [0.25, 0.3) is 0 Å². The topological polar surface area (TPSA) is 71.9 Å². The smallest absolute Gasteiger partial charge is 0.142 e. The number of pyridine rings is 1. The number of hydrogen-bond donors (Lipinski definition) is 1. The van der Waals surface area contributed by atoms with Crippen LogP contribution in [0.25, 0.3) is 22.4 Å². The highest BCUT2D eigenvalue weighted by molar-refractivity contribution is 6.35. The summed E-state index contributed by atoms with van der Waals surface area (Å²) in [4.78, 5) is 4.37. The van der Waals surface area contributed by atoms with Gasteiger partial charge >= 0.3 is 0 Å². The molecule has 0 bridgehead atoms. The Bertz CT molecular complexity index is 1270. The molecule has 1 aromatic heterocycles. The summed E-state index contributed by atoms with van der Waals surface area (Å²) in [6.07, 6.45) is 0. The molecule has 0 unspecified atom stereocenters. The fourth-order valence-corrected chi connectivity index (χ4v) is 3.60. The van der Waals surface area contributed by atoms with Gasteiger partial charge in [-0.1, -0.05) is 65.7 Å². The van der Waals surface area contributed by atoms with E-state index in [0.29, 0.717) is 39.0 Å². The normalized spacial score (nSPS) is 10.5. The number of nitriles is 1. The number of aromatic nitrogens is 1. The van der Waals surface area contributed by atoms with E-state index >= 15 is 0 Å². The molecular formula is C25H17Cl2N3O. The summed E-state index contributed by atoms with van der Waals surface area (Å²) in [5.41, 5.74) is 10.2. The molecule has 0 aliphatic carbocycles. The van der Waals surface area contributed by atoms with Crippen LogP contribution in [0.3, 0.4) is 0 Å². The zero-order valence-corrected chi connectivity index (χ0v) is 17.9. The Morgan fingerprint density at radius 1 is 0.903 bits per heavy atom. The Kier molecular flexibility index (Phi) is 6.08. The van der Waals surface area contributed by atoms with Crippen molar-refractivity contribution in [2.24, 2.45) is 0 Å². The lowest BCUT2D eigenvalue weighted by Crippen LogP contribution is -2.00. The second-order valence-corrected chi connectivity index (χ2v) is 7.69.